The second kappa shape index (κ2) is 9.18. The van der Waals surface area contributed by atoms with Crippen molar-refractivity contribution in [2.75, 3.05) is 13.3 Å². The SMILES string of the molecule is CC(=O)OCOC(=O)NC[C@H](CC(=O)O)CC(C)C. The van der Waals surface area contributed by atoms with Gasteiger partial charge >= 0.3 is 18.0 Å². The number of hydrogen-bond donors (Lipinski definition) is 2. The molecule has 0 heterocycles. The highest BCUT2D eigenvalue weighted by Crippen LogP contribution is 2.14. The van der Waals surface area contributed by atoms with E-state index in [4.69, 9.17) is 5.11 Å². The number of nitrogens with one attached hydrogen (secondary N) is 1. The lowest BCUT2D eigenvalue weighted by Crippen LogP contribution is -2.32. The Balaban J connectivity index is 3.98. The molecule has 0 fully saturated rings. The molecule has 0 aliphatic rings. The van der Waals surface area contributed by atoms with E-state index in [1.54, 1.807) is 0 Å². The van der Waals surface area contributed by atoms with E-state index in [0.717, 1.165) is 0 Å². The molecule has 110 valence electrons. The molecule has 19 heavy (non-hydrogen) atoms. The van der Waals surface area contributed by atoms with Crippen molar-refractivity contribution < 1.29 is 29.0 Å². The maximum atomic E-state index is 11.2. The zero-order chi connectivity index (χ0) is 14.8. The second-order valence-electron chi connectivity index (χ2n) is 4.66. The normalized spacial score (nSPS) is 11.8. The summed E-state index contributed by atoms with van der Waals surface area (Å²) in [5.74, 6) is -1.26. The lowest BCUT2D eigenvalue weighted by molar-refractivity contribution is -0.149. The Bertz CT molecular complexity index is 315. The topological polar surface area (TPSA) is 102 Å². The maximum Gasteiger partial charge on any atom is 0.410 e. The molecule has 0 rings (SSSR count). The minimum absolute atomic E-state index is 0.0115. The number of rotatable bonds is 8. The first kappa shape index (κ1) is 17.2. The van der Waals surface area contributed by atoms with Gasteiger partial charge in [0.1, 0.15) is 0 Å². The number of aliphatic carboxylic acids is 1. The number of amides is 1. The molecule has 0 saturated carbocycles. The van der Waals surface area contributed by atoms with Gasteiger partial charge in [0.05, 0.1) is 0 Å². The minimum atomic E-state index is -0.902. The molecule has 0 spiro atoms. The summed E-state index contributed by atoms with van der Waals surface area (Å²) in [6, 6.07) is 0. The van der Waals surface area contributed by atoms with E-state index in [0.29, 0.717) is 12.3 Å². The van der Waals surface area contributed by atoms with Gasteiger partial charge in [0.15, 0.2) is 0 Å². The third-order valence-corrected chi connectivity index (χ3v) is 2.26. The molecule has 0 saturated heterocycles. The fourth-order valence-corrected chi connectivity index (χ4v) is 1.60. The molecule has 2 N–H and O–H groups in total. The molecule has 0 unspecified atom stereocenters. The summed E-state index contributed by atoms with van der Waals surface area (Å²) in [4.78, 5) is 32.3. The van der Waals surface area contributed by atoms with Gasteiger partial charge in [-0.25, -0.2) is 4.79 Å². The van der Waals surface area contributed by atoms with Crippen LogP contribution in [0.1, 0.15) is 33.6 Å². The van der Waals surface area contributed by atoms with Crippen LogP contribution in [0.4, 0.5) is 4.79 Å². The first-order valence-electron chi connectivity index (χ1n) is 6.07. The standard InChI is InChI=1S/C12H21NO6/c1-8(2)4-10(5-11(15)16)6-13-12(17)19-7-18-9(3)14/h8,10H,4-7H2,1-3H3,(H,13,17)(H,15,16)/t10-/m0/s1. The van der Waals surface area contributed by atoms with Crippen molar-refractivity contribution in [3.8, 4) is 0 Å². The summed E-state index contributed by atoms with van der Waals surface area (Å²) in [6.45, 7) is 4.92. The van der Waals surface area contributed by atoms with Crippen molar-refractivity contribution in [2.45, 2.75) is 33.6 Å². The zero-order valence-corrected chi connectivity index (χ0v) is 11.5. The largest absolute Gasteiger partial charge is 0.481 e. The molecule has 0 aromatic rings. The fourth-order valence-electron chi connectivity index (χ4n) is 1.60. The van der Waals surface area contributed by atoms with Crippen molar-refractivity contribution in [3.05, 3.63) is 0 Å². The predicted octanol–water partition coefficient (Wildman–Crippen LogP) is 1.37. The van der Waals surface area contributed by atoms with Crippen LogP contribution in [-0.4, -0.2) is 36.5 Å². The number of carboxylic acids is 1. The second-order valence-corrected chi connectivity index (χ2v) is 4.66. The lowest BCUT2D eigenvalue weighted by Gasteiger charge is -2.17. The molecule has 1 amide bonds. The van der Waals surface area contributed by atoms with Gasteiger partial charge in [0, 0.05) is 19.9 Å². The summed E-state index contributed by atoms with van der Waals surface area (Å²) in [7, 11) is 0. The molecule has 0 aromatic heterocycles. The number of carbonyl (C=O) groups is 3. The average Bonchev–Trinajstić information content (AvgIpc) is 2.23. The Morgan fingerprint density at radius 3 is 2.32 bits per heavy atom. The Labute approximate surface area is 112 Å². The summed E-state index contributed by atoms with van der Waals surface area (Å²) < 4.78 is 9.01. The number of ether oxygens (including phenoxy) is 2. The van der Waals surface area contributed by atoms with Crippen LogP contribution in [0.5, 0.6) is 0 Å². The van der Waals surface area contributed by atoms with E-state index in [-0.39, 0.29) is 18.9 Å². The number of carbonyl (C=O) groups excluding carboxylic acids is 2. The van der Waals surface area contributed by atoms with Crippen LogP contribution in [0.15, 0.2) is 0 Å². The van der Waals surface area contributed by atoms with Crippen LogP contribution in [-0.2, 0) is 19.1 Å². The van der Waals surface area contributed by atoms with Crippen LogP contribution in [0.3, 0.4) is 0 Å². The van der Waals surface area contributed by atoms with Crippen LogP contribution >= 0.6 is 0 Å². The van der Waals surface area contributed by atoms with E-state index in [1.807, 2.05) is 13.8 Å². The van der Waals surface area contributed by atoms with Gasteiger partial charge in [-0.15, -0.1) is 0 Å². The van der Waals surface area contributed by atoms with Crippen molar-refractivity contribution >= 4 is 18.0 Å². The van der Waals surface area contributed by atoms with Crippen molar-refractivity contribution in [3.63, 3.8) is 0 Å². The van der Waals surface area contributed by atoms with Gasteiger partial charge in [-0.3, -0.25) is 9.59 Å². The van der Waals surface area contributed by atoms with E-state index in [9.17, 15) is 14.4 Å². The van der Waals surface area contributed by atoms with Gasteiger partial charge < -0.3 is 19.9 Å². The van der Waals surface area contributed by atoms with E-state index >= 15 is 0 Å². The zero-order valence-electron chi connectivity index (χ0n) is 11.5. The highest BCUT2D eigenvalue weighted by Gasteiger charge is 2.16. The molecule has 1 atom stereocenters. The maximum absolute atomic E-state index is 11.2. The van der Waals surface area contributed by atoms with Crippen LogP contribution in [0, 0.1) is 11.8 Å². The molecule has 7 nitrogen and oxygen atoms in total. The fraction of sp³-hybridized carbons (Fsp3) is 0.750. The van der Waals surface area contributed by atoms with E-state index in [1.165, 1.54) is 6.92 Å². The van der Waals surface area contributed by atoms with Gasteiger partial charge in [-0.1, -0.05) is 13.8 Å². The molecular formula is C12H21NO6. The van der Waals surface area contributed by atoms with Crippen LogP contribution in [0.25, 0.3) is 0 Å². The molecule has 0 radical (unpaired) electrons. The van der Waals surface area contributed by atoms with Crippen LogP contribution in [0.2, 0.25) is 0 Å². The van der Waals surface area contributed by atoms with E-state index in [2.05, 4.69) is 14.8 Å². The van der Waals surface area contributed by atoms with Gasteiger partial charge in [0.25, 0.3) is 0 Å². The van der Waals surface area contributed by atoms with Gasteiger partial charge in [0.2, 0.25) is 6.79 Å². The molecule has 0 aromatic carbocycles. The smallest absolute Gasteiger partial charge is 0.410 e. The summed E-state index contributed by atoms with van der Waals surface area (Å²) >= 11 is 0. The third-order valence-electron chi connectivity index (χ3n) is 2.26. The summed E-state index contributed by atoms with van der Waals surface area (Å²) in [5.41, 5.74) is 0. The van der Waals surface area contributed by atoms with Crippen LogP contribution < -0.4 is 5.32 Å². The molecule has 0 aliphatic heterocycles. The summed E-state index contributed by atoms with van der Waals surface area (Å²) in [6.07, 6.45) is -0.0562. The third kappa shape index (κ3) is 11.1. The molecule has 0 aliphatic carbocycles. The highest BCUT2D eigenvalue weighted by molar-refractivity contribution is 5.69. The van der Waals surface area contributed by atoms with Gasteiger partial charge in [-0.2, -0.15) is 0 Å². The average molecular weight is 275 g/mol. The number of alkyl carbamates (subject to hydrolysis) is 1. The number of esters is 1. The van der Waals surface area contributed by atoms with Crippen molar-refractivity contribution in [1.29, 1.82) is 0 Å². The Hall–Kier alpha value is -1.79. The van der Waals surface area contributed by atoms with Crippen molar-refractivity contribution in [2.24, 2.45) is 11.8 Å². The number of hydrogen-bond acceptors (Lipinski definition) is 5. The Morgan fingerprint density at radius 1 is 1.21 bits per heavy atom. The first-order valence-corrected chi connectivity index (χ1v) is 6.07. The lowest BCUT2D eigenvalue weighted by atomic mass is 9.94. The predicted molar refractivity (Wildman–Crippen MR) is 66.3 cm³/mol. The Morgan fingerprint density at radius 2 is 1.84 bits per heavy atom. The molecular weight excluding hydrogens is 254 g/mol. The first-order chi connectivity index (χ1) is 8.81. The molecule has 7 heteroatoms. The Kier molecular flexibility index (Phi) is 8.32. The quantitative estimate of drug-likeness (QED) is 0.512. The van der Waals surface area contributed by atoms with E-state index < -0.39 is 24.8 Å². The van der Waals surface area contributed by atoms with Crippen molar-refractivity contribution in [1.82, 2.24) is 5.32 Å². The summed E-state index contributed by atoms with van der Waals surface area (Å²) in [5, 5.41) is 11.2. The minimum Gasteiger partial charge on any atom is -0.481 e. The molecule has 0 bridgehead atoms. The highest BCUT2D eigenvalue weighted by atomic mass is 16.7. The number of carboxylic acid groups (broad SMARTS) is 1. The van der Waals surface area contributed by atoms with Gasteiger partial charge in [-0.05, 0) is 18.3 Å². The monoisotopic (exact) mass is 275 g/mol.